The maximum atomic E-state index is 14.0. The van der Waals surface area contributed by atoms with Crippen molar-refractivity contribution in [1.82, 2.24) is 5.32 Å². The summed E-state index contributed by atoms with van der Waals surface area (Å²) in [4.78, 5) is 38.7. The lowest BCUT2D eigenvalue weighted by Crippen LogP contribution is -2.42. The monoisotopic (exact) mass is 732 g/mol. The first kappa shape index (κ1) is 37.9. The standard InChI is InChI=1S/C39H42F2N4O6S/c1-3-45(34-12-8-5-9-13-34)52(50,51)35-24-32(21-14-27(35)2)43-38(49)44(33-22-19-30(20-23-33)29-10-6-4-7-11-29)25-28-15-17-31(18-16-28)36(46)42-26-39(40,41)37(47)48/h5,8-9,12-24,29H,3-4,6-7,10-11,25-26H2,1-2H3,(H,42,46)(H,43,49)(H,47,48). The largest absolute Gasteiger partial charge is 0.477 e. The number of urea groups is 1. The number of nitrogens with one attached hydrogen (secondary N) is 2. The molecule has 0 unspecified atom stereocenters. The van der Waals surface area contributed by atoms with Gasteiger partial charge in [-0.25, -0.2) is 18.0 Å². The molecule has 1 fully saturated rings. The van der Waals surface area contributed by atoms with Crippen LogP contribution >= 0.6 is 0 Å². The number of hydrogen-bond acceptors (Lipinski definition) is 5. The van der Waals surface area contributed by atoms with Gasteiger partial charge in [0.1, 0.15) is 0 Å². The van der Waals surface area contributed by atoms with E-state index in [1.54, 1.807) is 68.4 Å². The number of carboxylic acid groups (broad SMARTS) is 1. The zero-order valence-corrected chi connectivity index (χ0v) is 29.8. The third kappa shape index (κ3) is 8.94. The van der Waals surface area contributed by atoms with E-state index < -0.39 is 40.4 Å². The lowest BCUT2D eigenvalue weighted by molar-refractivity contribution is -0.163. The Morgan fingerprint density at radius 3 is 2.13 bits per heavy atom. The third-order valence-corrected chi connectivity index (χ3v) is 11.3. The number of para-hydroxylation sites is 1. The predicted octanol–water partition coefficient (Wildman–Crippen LogP) is 7.95. The molecule has 0 aliphatic heterocycles. The molecule has 4 aromatic carbocycles. The number of halogens is 2. The lowest BCUT2D eigenvalue weighted by atomic mass is 9.84. The van der Waals surface area contributed by atoms with Crippen LogP contribution in [0.1, 0.15) is 72.0 Å². The van der Waals surface area contributed by atoms with E-state index in [9.17, 15) is 31.6 Å². The van der Waals surface area contributed by atoms with Crippen molar-refractivity contribution in [1.29, 1.82) is 0 Å². The summed E-state index contributed by atoms with van der Waals surface area (Å²) in [6.45, 7) is 2.32. The van der Waals surface area contributed by atoms with Gasteiger partial charge in [0.05, 0.1) is 23.7 Å². The Balaban J connectivity index is 1.40. The maximum Gasteiger partial charge on any atom is 0.376 e. The molecule has 1 saturated carbocycles. The zero-order chi connectivity index (χ0) is 37.5. The summed E-state index contributed by atoms with van der Waals surface area (Å²) in [5, 5.41) is 13.4. The highest BCUT2D eigenvalue weighted by Crippen LogP contribution is 2.34. The Kier molecular flexibility index (Phi) is 11.9. The molecule has 0 aromatic heterocycles. The van der Waals surface area contributed by atoms with Crippen LogP contribution in [0.3, 0.4) is 0 Å². The van der Waals surface area contributed by atoms with E-state index in [-0.39, 0.29) is 29.2 Å². The Labute approximate surface area is 302 Å². The van der Waals surface area contributed by atoms with Crippen molar-refractivity contribution in [3.8, 4) is 0 Å². The number of aryl methyl sites for hydroxylation is 1. The highest BCUT2D eigenvalue weighted by Gasteiger charge is 2.39. The average molecular weight is 733 g/mol. The Bertz CT molecular complexity index is 1990. The van der Waals surface area contributed by atoms with Crippen LogP contribution in [0.4, 0.5) is 30.6 Å². The molecule has 52 heavy (non-hydrogen) atoms. The molecule has 3 amide bonds. The lowest BCUT2D eigenvalue weighted by Gasteiger charge is -2.26. The van der Waals surface area contributed by atoms with Gasteiger partial charge in [-0.1, -0.05) is 67.8 Å². The van der Waals surface area contributed by atoms with Crippen molar-refractivity contribution in [2.45, 2.75) is 69.2 Å². The van der Waals surface area contributed by atoms with Gasteiger partial charge in [0, 0.05) is 23.5 Å². The molecule has 4 aromatic rings. The van der Waals surface area contributed by atoms with Crippen molar-refractivity contribution in [3.05, 3.63) is 119 Å². The SMILES string of the molecule is CCN(c1ccccc1)S(=O)(=O)c1cc(NC(=O)N(Cc2ccc(C(=O)NCC(F)(F)C(=O)O)cc2)c2ccc(C3CCCCC3)cc2)ccc1C. The number of carbonyl (C=O) groups is 3. The van der Waals surface area contributed by atoms with Crippen LogP contribution in [0.15, 0.2) is 102 Å². The average Bonchev–Trinajstić information content (AvgIpc) is 3.15. The molecule has 10 nitrogen and oxygen atoms in total. The van der Waals surface area contributed by atoms with Crippen LogP contribution in [0.25, 0.3) is 0 Å². The number of aliphatic carboxylic acids is 1. The molecule has 13 heteroatoms. The van der Waals surface area contributed by atoms with Crippen LogP contribution in [-0.2, 0) is 21.4 Å². The predicted molar refractivity (Wildman–Crippen MR) is 197 cm³/mol. The summed E-state index contributed by atoms with van der Waals surface area (Å²) in [5.41, 5.74) is 3.71. The van der Waals surface area contributed by atoms with Crippen molar-refractivity contribution >= 4 is 45.0 Å². The summed E-state index contributed by atoms with van der Waals surface area (Å²) in [6, 6.07) is 26.7. The molecular formula is C39H42F2N4O6S. The van der Waals surface area contributed by atoms with E-state index in [0.717, 1.165) is 12.8 Å². The summed E-state index contributed by atoms with van der Waals surface area (Å²) < 4.78 is 56.1. The molecular weight excluding hydrogens is 691 g/mol. The Hall–Kier alpha value is -5.30. The van der Waals surface area contributed by atoms with Crippen molar-refractivity contribution in [2.24, 2.45) is 0 Å². The van der Waals surface area contributed by atoms with Crippen LogP contribution in [-0.4, -0.2) is 50.4 Å². The molecule has 0 bridgehead atoms. The minimum Gasteiger partial charge on any atom is -0.477 e. The normalized spacial score (nSPS) is 13.6. The first-order chi connectivity index (χ1) is 24.8. The minimum atomic E-state index is -4.12. The van der Waals surface area contributed by atoms with E-state index >= 15 is 0 Å². The van der Waals surface area contributed by atoms with Gasteiger partial charge >= 0.3 is 17.9 Å². The highest BCUT2D eigenvalue weighted by atomic mass is 32.2. The van der Waals surface area contributed by atoms with Gasteiger partial charge in [-0.3, -0.25) is 14.0 Å². The first-order valence-electron chi connectivity index (χ1n) is 17.2. The smallest absolute Gasteiger partial charge is 0.376 e. The van der Waals surface area contributed by atoms with Crippen LogP contribution < -0.4 is 19.8 Å². The number of benzene rings is 4. The first-order valence-corrected chi connectivity index (χ1v) is 18.6. The topological polar surface area (TPSA) is 136 Å². The second-order valence-corrected chi connectivity index (χ2v) is 14.6. The van der Waals surface area contributed by atoms with Gasteiger partial charge in [0.2, 0.25) is 0 Å². The van der Waals surface area contributed by atoms with E-state index in [1.165, 1.54) is 52.2 Å². The van der Waals surface area contributed by atoms with E-state index in [0.29, 0.717) is 28.4 Å². The fourth-order valence-corrected chi connectivity index (χ4v) is 8.03. The van der Waals surface area contributed by atoms with Crippen LogP contribution in [0, 0.1) is 6.92 Å². The molecule has 274 valence electrons. The second-order valence-electron chi connectivity index (χ2n) is 12.8. The zero-order valence-electron chi connectivity index (χ0n) is 29.0. The maximum absolute atomic E-state index is 14.0. The summed E-state index contributed by atoms with van der Waals surface area (Å²) in [6.07, 6.45) is 5.79. The number of rotatable bonds is 13. The van der Waals surface area contributed by atoms with Gasteiger partial charge < -0.3 is 15.7 Å². The number of anilines is 3. The van der Waals surface area contributed by atoms with Crippen LogP contribution in [0.2, 0.25) is 0 Å². The summed E-state index contributed by atoms with van der Waals surface area (Å²) in [5.74, 6) is -6.88. The summed E-state index contributed by atoms with van der Waals surface area (Å²) in [7, 11) is -3.99. The number of carboxylic acids is 1. The van der Waals surface area contributed by atoms with Gasteiger partial charge in [-0.15, -0.1) is 0 Å². The third-order valence-electron chi connectivity index (χ3n) is 9.21. The van der Waals surface area contributed by atoms with E-state index in [2.05, 4.69) is 5.32 Å². The van der Waals surface area contributed by atoms with Gasteiger partial charge in [-0.2, -0.15) is 8.78 Å². The molecule has 0 spiro atoms. The number of hydrogen-bond donors (Lipinski definition) is 3. The van der Waals surface area contributed by atoms with Gasteiger partial charge in [0.15, 0.2) is 0 Å². The number of amides is 3. The highest BCUT2D eigenvalue weighted by molar-refractivity contribution is 7.92. The van der Waals surface area contributed by atoms with Crippen molar-refractivity contribution in [2.75, 3.05) is 27.6 Å². The van der Waals surface area contributed by atoms with Gasteiger partial charge in [-0.05, 0) is 97.8 Å². The molecule has 0 heterocycles. The van der Waals surface area contributed by atoms with Gasteiger partial charge in [0.25, 0.3) is 15.9 Å². The fraction of sp³-hybridized carbons (Fsp3) is 0.308. The van der Waals surface area contributed by atoms with E-state index in [1.807, 2.05) is 29.6 Å². The van der Waals surface area contributed by atoms with Crippen LogP contribution in [0.5, 0.6) is 0 Å². The number of carbonyl (C=O) groups excluding carboxylic acids is 2. The molecule has 1 aliphatic carbocycles. The number of nitrogens with zero attached hydrogens (tertiary/aromatic N) is 2. The molecule has 0 radical (unpaired) electrons. The van der Waals surface area contributed by atoms with E-state index in [4.69, 9.17) is 5.11 Å². The molecule has 5 rings (SSSR count). The fourth-order valence-electron chi connectivity index (χ4n) is 6.31. The Morgan fingerprint density at radius 2 is 1.52 bits per heavy atom. The molecule has 0 atom stereocenters. The Morgan fingerprint density at radius 1 is 0.865 bits per heavy atom. The number of alkyl halides is 2. The molecule has 3 N–H and O–H groups in total. The molecule has 0 saturated heterocycles. The number of sulfonamides is 1. The second kappa shape index (κ2) is 16.4. The summed E-state index contributed by atoms with van der Waals surface area (Å²) >= 11 is 0. The molecule has 1 aliphatic rings. The van der Waals surface area contributed by atoms with Crippen molar-refractivity contribution in [3.63, 3.8) is 0 Å². The quantitative estimate of drug-likeness (QED) is 0.128. The van der Waals surface area contributed by atoms with Crippen molar-refractivity contribution < 1.29 is 36.7 Å². The minimum absolute atomic E-state index is 0.0304.